The van der Waals surface area contributed by atoms with Crippen LogP contribution in [0.15, 0.2) is 18.2 Å². The van der Waals surface area contributed by atoms with Crippen LogP contribution < -0.4 is 0 Å². The van der Waals surface area contributed by atoms with E-state index in [1.54, 1.807) is 7.11 Å². The zero-order valence-corrected chi connectivity index (χ0v) is 11.0. The fraction of sp³-hybridized carbons (Fsp3) is 0.538. The van der Waals surface area contributed by atoms with Gasteiger partial charge in [-0.05, 0) is 30.0 Å². The van der Waals surface area contributed by atoms with Crippen LogP contribution in [0.3, 0.4) is 0 Å². The Hall–Kier alpha value is -0.570. The zero-order valence-electron chi connectivity index (χ0n) is 10.2. The summed E-state index contributed by atoms with van der Waals surface area (Å²) in [7, 11) is 1.59. The van der Waals surface area contributed by atoms with Crippen molar-refractivity contribution >= 4 is 11.6 Å². The second kappa shape index (κ2) is 5.17. The summed E-state index contributed by atoms with van der Waals surface area (Å²) >= 11 is 6.07. The Balaban J connectivity index is 3.16. The average molecular weight is 243 g/mol. The van der Waals surface area contributed by atoms with Gasteiger partial charge in [-0.2, -0.15) is 0 Å². The highest BCUT2D eigenvalue weighted by Gasteiger charge is 2.33. The number of aryl methyl sites for hydroxylation is 1. The van der Waals surface area contributed by atoms with Gasteiger partial charge in [0.1, 0.15) is 5.60 Å². The topological polar surface area (TPSA) is 29.5 Å². The molecule has 2 nitrogen and oxygen atoms in total. The number of methoxy groups -OCH3 is 1. The molecule has 1 aromatic rings. The molecule has 1 unspecified atom stereocenters. The van der Waals surface area contributed by atoms with Gasteiger partial charge in [-0.25, -0.2) is 0 Å². The van der Waals surface area contributed by atoms with Crippen molar-refractivity contribution in [1.82, 2.24) is 0 Å². The second-order valence-corrected chi connectivity index (χ2v) is 4.88. The smallest absolute Gasteiger partial charge is 0.115 e. The number of aliphatic hydroxyl groups is 1. The van der Waals surface area contributed by atoms with Crippen LogP contribution in [-0.4, -0.2) is 18.8 Å². The number of hydrogen-bond acceptors (Lipinski definition) is 2. The van der Waals surface area contributed by atoms with Crippen LogP contribution in [0.5, 0.6) is 0 Å². The lowest BCUT2D eigenvalue weighted by Crippen LogP contribution is -2.36. The first kappa shape index (κ1) is 13.5. The normalized spacial score (nSPS) is 15.2. The molecule has 0 saturated heterocycles. The molecule has 1 rings (SSSR count). The average Bonchev–Trinajstić information content (AvgIpc) is 2.22. The molecule has 0 aliphatic carbocycles. The van der Waals surface area contributed by atoms with Crippen molar-refractivity contribution in [2.75, 3.05) is 13.7 Å². The molecular weight excluding hydrogens is 224 g/mol. The monoisotopic (exact) mass is 242 g/mol. The first-order valence-corrected chi connectivity index (χ1v) is 5.77. The summed E-state index contributed by atoms with van der Waals surface area (Å²) in [5.74, 6) is 0.0613. The minimum Gasteiger partial charge on any atom is -0.382 e. The van der Waals surface area contributed by atoms with Crippen LogP contribution in [0, 0.1) is 12.8 Å². The SMILES string of the molecule is COCC(O)(c1ccc(C)c(Cl)c1)C(C)C. The van der Waals surface area contributed by atoms with Crippen molar-refractivity contribution < 1.29 is 9.84 Å². The summed E-state index contributed by atoms with van der Waals surface area (Å²) in [6.45, 7) is 6.14. The third kappa shape index (κ3) is 2.57. The third-order valence-corrected chi connectivity index (χ3v) is 3.40. The Morgan fingerprint density at radius 2 is 2.06 bits per heavy atom. The number of hydrogen-bond donors (Lipinski definition) is 1. The largest absolute Gasteiger partial charge is 0.382 e. The van der Waals surface area contributed by atoms with E-state index in [0.717, 1.165) is 11.1 Å². The van der Waals surface area contributed by atoms with E-state index in [4.69, 9.17) is 16.3 Å². The predicted molar refractivity (Wildman–Crippen MR) is 66.8 cm³/mol. The molecule has 0 spiro atoms. The summed E-state index contributed by atoms with van der Waals surface area (Å²) in [5.41, 5.74) is 0.834. The molecular formula is C13H19ClO2. The lowest BCUT2D eigenvalue weighted by atomic mass is 9.84. The van der Waals surface area contributed by atoms with E-state index in [-0.39, 0.29) is 12.5 Å². The molecule has 0 aliphatic rings. The van der Waals surface area contributed by atoms with E-state index in [1.807, 2.05) is 39.0 Å². The molecule has 3 heteroatoms. The van der Waals surface area contributed by atoms with Crippen molar-refractivity contribution in [2.45, 2.75) is 26.4 Å². The lowest BCUT2D eigenvalue weighted by molar-refractivity contribution is -0.0700. The number of ether oxygens (including phenoxy) is 1. The summed E-state index contributed by atoms with van der Waals surface area (Å²) < 4.78 is 5.10. The molecule has 0 heterocycles. The van der Waals surface area contributed by atoms with Crippen molar-refractivity contribution in [1.29, 1.82) is 0 Å². The van der Waals surface area contributed by atoms with E-state index < -0.39 is 5.60 Å². The molecule has 0 radical (unpaired) electrons. The molecule has 1 N–H and O–H groups in total. The van der Waals surface area contributed by atoms with Crippen LogP contribution in [0.4, 0.5) is 0 Å². The van der Waals surface area contributed by atoms with Crippen LogP contribution in [0.25, 0.3) is 0 Å². The van der Waals surface area contributed by atoms with Crippen molar-refractivity contribution in [3.8, 4) is 0 Å². The molecule has 0 fully saturated rings. The molecule has 0 aromatic heterocycles. The summed E-state index contributed by atoms with van der Waals surface area (Å²) in [6, 6.07) is 5.64. The predicted octanol–water partition coefficient (Wildman–Crippen LogP) is 3.14. The second-order valence-electron chi connectivity index (χ2n) is 4.48. The van der Waals surface area contributed by atoms with Gasteiger partial charge in [0.05, 0.1) is 6.61 Å². The van der Waals surface area contributed by atoms with Gasteiger partial charge < -0.3 is 9.84 Å². The van der Waals surface area contributed by atoms with Crippen molar-refractivity contribution in [3.63, 3.8) is 0 Å². The Bertz CT molecular complexity index is 363. The number of rotatable bonds is 4. The minimum atomic E-state index is -0.980. The molecule has 1 aromatic carbocycles. The molecule has 0 aliphatic heterocycles. The number of benzene rings is 1. The molecule has 16 heavy (non-hydrogen) atoms. The van der Waals surface area contributed by atoms with Crippen LogP contribution >= 0.6 is 11.6 Å². The van der Waals surface area contributed by atoms with E-state index in [9.17, 15) is 5.11 Å². The minimum absolute atomic E-state index is 0.0613. The van der Waals surface area contributed by atoms with Gasteiger partial charge in [-0.3, -0.25) is 0 Å². The zero-order chi connectivity index (χ0) is 12.3. The maximum absolute atomic E-state index is 10.6. The van der Waals surface area contributed by atoms with Gasteiger partial charge in [0.2, 0.25) is 0 Å². The number of halogens is 1. The van der Waals surface area contributed by atoms with Gasteiger partial charge >= 0.3 is 0 Å². The maximum Gasteiger partial charge on any atom is 0.115 e. The third-order valence-electron chi connectivity index (χ3n) is 2.99. The van der Waals surface area contributed by atoms with Gasteiger partial charge in [-0.1, -0.05) is 37.6 Å². The van der Waals surface area contributed by atoms with Crippen molar-refractivity contribution in [3.05, 3.63) is 34.3 Å². The molecule has 1 atom stereocenters. The van der Waals surface area contributed by atoms with Crippen LogP contribution in [0.1, 0.15) is 25.0 Å². The molecule has 0 saturated carbocycles. The van der Waals surface area contributed by atoms with E-state index >= 15 is 0 Å². The fourth-order valence-electron chi connectivity index (χ4n) is 1.67. The summed E-state index contributed by atoms with van der Waals surface area (Å²) in [6.07, 6.45) is 0. The van der Waals surface area contributed by atoms with Gasteiger partial charge in [-0.15, -0.1) is 0 Å². The fourth-order valence-corrected chi connectivity index (χ4v) is 1.85. The van der Waals surface area contributed by atoms with Gasteiger partial charge in [0, 0.05) is 12.1 Å². The Labute approximate surface area is 102 Å². The molecule has 90 valence electrons. The van der Waals surface area contributed by atoms with Gasteiger partial charge in [0.25, 0.3) is 0 Å². The Morgan fingerprint density at radius 1 is 1.44 bits per heavy atom. The van der Waals surface area contributed by atoms with E-state index in [2.05, 4.69) is 0 Å². The van der Waals surface area contributed by atoms with Crippen LogP contribution in [0.2, 0.25) is 5.02 Å². The quantitative estimate of drug-likeness (QED) is 0.879. The Morgan fingerprint density at radius 3 is 2.50 bits per heavy atom. The maximum atomic E-state index is 10.6. The Kier molecular flexibility index (Phi) is 4.36. The first-order valence-electron chi connectivity index (χ1n) is 5.39. The van der Waals surface area contributed by atoms with E-state index in [0.29, 0.717) is 5.02 Å². The van der Waals surface area contributed by atoms with Crippen molar-refractivity contribution in [2.24, 2.45) is 5.92 Å². The molecule has 0 amide bonds. The summed E-state index contributed by atoms with van der Waals surface area (Å²) in [5, 5.41) is 11.3. The highest BCUT2D eigenvalue weighted by molar-refractivity contribution is 6.31. The molecule has 0 bridgehead atoms. The first-order chi connectivity index (χ1) is 7.41. The lowest BCUT2D eigenvalue weighted by Gasteiger charge is -2.32. The van der Waals surface area contributed by atoms with Crippen LogP contribution in [-0.2, 0) is 10.3 Å². The standard InChI is InChI=1S/C13H19ClO2/c1-9(2)13(15,8-16-4)11-6-5-10(3)12(14)7-11/h5-7,9,15H,8H2,1-4H3. The highest BCUT2D eigenvalue weighted by atomic mass is 35.5. The van der Waals surface area contributed by atoms with Gasteiger partial charge in [0.15, 0.2) is 0 Å². The van der Waals surface area contributed by atoms with E-state index in [1.165, 1.54) is 0 Å². The highest BCUT2D eigenvalue weighted by Crippen LogP contribution is 2.32. The summed E-state index contributed by atoms with van der Waals surface area (Å²) in [4.78, 5) is 0.